The van der Waals surface area contributed by atoms with E-state index in [1.54, 1.807) is 41.3 Å². The van der Waals surface area contributed by atoms with Crippen LogP contribution in [-0.2, 0) is 7.05 Å². The number of urea groups is 1. The van der Waals surface area contributed by atoms with E-state index in [4.69, 9.17) is 16.3 Å². The number of nitrogens with one attached hydrogen (secondary N) is 2. The van der Waals surface area contributed by atoms with E-state index >= 15 is 0 Å². The molecule has 2 N–H and O–H groups in total. The summed E-state index contributed by atoms with van der Waals surface area (Å²) in [7, 11) is 1.82. The van der Waals surface area contributed by atoms with E-state index in [9.17, 15) is 9.18 Å². The third-order valence-corrected chi connectivity index (χ3v) is 6.24. The molecule has 2 aromatic heterocycles. The molecule has 37 heavy (non-hydrogen) atoms. The minimum Gasteiger partial charge on any atom is -0.457 e. The van der Waals surface area contributed by atoms with Gasteiger partial charge in [0.2, 0.25) is 0 Å². The molecule has 0 bridgehead atoms. The number of amides is 2. The summed E-state index contributed by atoms with van der Waals surface area (Å²) in [6.07, 6.45) is 8.63. The van der Waals surface area contributed by atoms with Gasteiger partial charge in [0.15, 0.2) is 0 Å². The number of ether oxygens (including phenoxy) is 1. The quantitative estimate of drug-likeness (QED) is 0.295. The van der Waals surface area contributed by atoms with E-state index in [2.05, 4.69) is 25.6 Å². The maximum absolute atomic E-state index is 14.8. The minimum absolute atomic E-state index is 0.0221. The van der Waals surface area contributed by atoms with Gasteiger partial charge in [-0.3, -0.25) is 9.67 Å². The fourth-order valence-corrected chi connectivity index (χ4v) is 4.48. The zero-order valence-electron chi connectivity index (χ0n) is 20.2. The van der Waals surface area contributed by atoms with Crippen molar-refractivity contribution in [2.45, 2.75) is 19.3 Å². The highest BCUT2D eigenvalue weighted by Gasteiger charge is 2.14. The van der Waals surface area contributed by atoms with Crippen LogP contribution in [-0.4, -0.2) is 33.9 Å². The molecule has 0 spiro atoms. The van der Waals surface area contributed by atoms with Crippen LogP contribution in [0.3, 0.4) is 0 Å². The summed E-state index contributed by atoms with van der Waals surface area (Å²) < 4.78 is 22.3. The smallest absolute Gasteiger partial charge is 0.323 e. The van der Waals surface area contributed by atoms with Crippen molar-refractivity contribution in [2.24, 2.45) is 7.05 Å². The third-order valence-electron chi connectivity index (χ3n) is 6.02. The number of halogens is 2. The van der Waals surface area contributed by atoms with Crippen LogP contribution >= 0.6 is 11.6 Å². The number of anilines is 3. The van der Waals surface area contributed by atoms with Gasteiger partial charge in [-0.05, 0) is 55.7 Å². The first-order chi connectivity index (χ1) is 17.9. The molecule has 2 amide bonds. The summed E-state index contributed by atoms with van der Waals surface area (Å²) in [6.45, 7) is 1.91. The average Bonchev–Trinajstić information content (AvgIpc) is 3.32. The molecule has 1 aliphatic heterocycles. The van der Waals surface area contributed by atoms with Crippen molar-refractivity contribution >= 4 is 34.7 Å². The third kappa shape index (κ3) is 6.18. The lowest BCUT2D eigenvalue weighted by atomic mass is 10.1. The molecule has 3 heterocycles. The second-order valence-corrected chi connectivity index (χ2v) is 9.28. The summed E-state index contributed by atoms with van der Waals surface area (Å²) in [6, 6.07) is 12.5. The molecule has 0 atom stereocenters. The van der Waals surface area contributed by atoms with E-state index in [0.717, 1.165) is 37.2 Å². The van der Waals surface area contributed by atoms with Crippen LogP contribution in [0.25, 0.3) is 11.3 Å². The Hall–Kier alpha value is -4.11. The van der Waals surface area contributed by atoms with Crippen molar-refractivity contribution in [1.29, 1.82) is 0 Å². The summed E-state index contributed by atoms with van der Waals surface area (Å²) in [4.78, 5) is 19.2. The predicted octanol–water partition coefficient (Wildman–Crippen LogP) is 6.70. The lowest BCUT2D eigenvalue weighted by Crippen LogP contribution is -2.29. The highest BCUT2D eigenvalue weighted by molar-refractivity contribution is 6.31. The maximum Gasteiger partial charge on any atom is 0.323 e. The number of aryl methyl sites for hydroxylation is 1. The van der Waals surface area contributed by atoms with Crippen molar-refractivity contribution in [1.82, 2.24) is 14.8 Å². The van der Waals surface area contributed by atoms with Crippen LogP contribution in [0.1, 0.15) is 19.3 Å². The molecule has 0 unspecified atom stereocenters. The lowest BCUT2D eigenvalue weighted by molar-refractivity contribution is 0.262. The number of pyridine rings is 1. The van der Waals surface area contributed by atoms with Crippen molar-refractivity contribution in [3.63, 3.8) is 0 Å². The van der Waals surface area contributed by atoms with Gasteiger partial charge in [0, 0.05) is 66.6 Å². The van der Waals surface area contributed by atoms with Gasteiger partial charge in [0.25, 0.3) is 0 Å². The van der Waals surface area contributed by atoms with Gasteiger partial charge in [-0.15, -0.1) is 0 Å². The fraction of sp³-hybridized carbons (Fsp3) is 0.222. The zero-order valence-corrected chi connectivity index (χ0v) is 21.0. The number of hydrogen-bond acceptors (Lipinski definition) is 5. The summed E-state index contributed by atoms with van der Waals surface area (Å²) >= 11 is 6.29. The minimum atomic E-state index is -0.630. The molecule has 10 heteroatoms. The topological polar surface area (TPSA) is 84.3 Å². The van der Waals surface area contributed by atoms with Gasteiger partial charge in [-0.1, -0.05) is 11.6 Å². The van der Waals surface area contributed by atoms with Gasteiger partial charge in [0.05, 0.1) is 17.6 Å². The zero-order chi connectivity index (χ0) is 25.8. The molecule has 4 aromatic rings. The second-order valence-electron chi connectivity index (χ2n) is 8.85. The number of aromatic nitrogens is 3. The molecular formula is C27H26ClFN6O2. The van der Waals surface area contributed by atoms with Crippen LogP contribution in [0.5, 0.6) is 11.5 Å². The highest BCUT2D eigenvalue weighted by Crippen LogP contribution is 2.30. The molecule has 8 nitrogen and oxygen atoms in total. The van der Waals surface area contributed by atoms with Crippen LogP contribution < -0.4 is 20.3 Å². The Morgan fingerprint density at radius 3 is 2.59 bits per heavy atom. The molecule has 2 aromatic carbocycles. The van der Waals surface area contributed by atoms with Crippen LogP contribution in [0.4, 0.5) is 26.2 Å². The number of rotatable bonds is 6. The molecule has 1 fully saturated rings. The Morgan fingerprint density at radius 2 is 1.84 bits per heavy atom. The molecule has 190 valence electrons. The lowest BCUT2D eigenvalue weighted by Gasteiger charge is -2.29. The standard InChI is InChI=1S/C27H26ClFN6O2/c1-34-17-18(16-31-34)26-15-23(7-8-30-26)37-22-5-6-25(24(29)14-22)33-27(36)32-20-11-19(28)12-21(13-20)35-9-3-2-4-10-35/h5-8,11-17H,2-4,9-10H2,1H3,(H2,32,33,36). The van der Waals surface area contributed by atoms with Crippen molar-refractivity contribution in [3.05, 3.63) is 78.0 Å². The average molecular weight is 521 g/mol. The number of piperidine rings is 1. The van der Waals surface area contributed by atoms with Crippen molar-refractivity contribution < 1.29 is 13.9 Å². The van der Waals surface area contributed by atoms with Crippen molar-refractivity contribution in [3.8, 4) is 22.8 Å². The molecule has 5 rings (SSSR count). The first kappa shape index (κ1) is 24.6. The number of nitrogens with zero attached hydrogens (tertiary/aromatic N) is 4. The summed E-state index contributed by atoms with van der Waals surface area (Å²) in [5.74, 6) is 0.152. The van der Waals surface area contributed by atoms with E-state index in [1.165, 1.54) is 18.6 Å². The second kappa shape index (κ2) is 10.9. The maximum atomic E-state index is 14.8. The molecule has 1 aliphatic rings. The van der Waals surface area contributed by atoms with Gasteiger partial charge < -0.3 is 20.3 Å². The van der Waals surface area contributed by atoms with Crippen LogP contribution in [0, 0.1) is 5.82 Å². The highest BCUT2D eigenvalue weighted by atomic mass is 35.5. The number of hydrogen-bond donors (Lipinski definition) is 2. The number of benzene rings is 2. The Balaban J connectivity index is 1.23. The molecule has 0 saturated carbocycles. The van der Waals surface area contributed by atoms with Gasteiger partial charge in [-0.2, -0.15) is 5.10 Å². The summed E-state index contributed by atoms with van der Waals surface area (Å²) in [5, 5.41) is 9.96. The van der Waals surface area contributed by atoms with E-state index in [1.807, 2.05) is 25.4 Å². The van der Waals surface area contributed by atoms with Gasteiger partial charge in [0.1, 0.15) is 17.3 Å². The van der Waals surface area contributed by atoms with E-state index in [0.29, 0.717) is 22.2 Å². The Morgan fingerprint density at radius 1 is 1.03 bits per heavy atom. The normalized spacial score (nSPS) is 13.3. The fourth-order valence-electron chi connectivity index (χ4n) is 4.25. The largest absolute Gasteiger partial charge is 0.457 e. The van der Waals surface area contributed by atoms with Crippen LogP contribution in [0.15, 0.2) is 67.1 Å². The van der Waals surface area contributed by atoms with E-state index in [-0.39, 0.29) is 11.4 Å². The Bertz CT molecular complexity index is 1420. The number of carbonyl (C=O) groups excluding carboxylic acids is 1. The first-order valence-electron chi connectivity index (χ1n) is 12.0. The molecule has 0 aliphatic carbocycles. The predicted molar refractivity (Wildman–Crippen MR) is 143 cm³/mol. The molecule has 0 radical (unpaired) electrons. The molecular weight excluding hydrogens is 495 g/mol. The summed E-state index contributed by atoms with van der Waals surface area (Å²) in [5.41, 5.74) is 3.04. The molecule has 1 saturated heterocycles. The Labute approximate surface area is 219 Å². The first-order valence-corrected chi connectivity index (χ1v) is 12.4. The van der Waals surface area contributed by atoms with E-state index < -0.39 is 11.8 Å². The number of carbonyl (C=O) groups is 1. The van der Waals surface area contributed by atoms with Crippen LogP contribution in [0.2, 0.25) is 5.02 Å². The SMILES string of the molecule is Cn1cc(-c2cc(Oc3ccc(NC(=O)Nc4cc(Cl)cc(N5CCCCC5)c4)c(F)c3)ccn2)cn1. The van der Waals surface area contributed by atoms with Crippen molar-refractivity contribution in [2.75, 3.05) is 28.6 Å². The Kier molecular flexibility index (Phi) is 7.23. The van der Waals surface area contributed by atoms with Gasteiger partial charge in [-0.25, -0.2) is 9.18 Å². The monoisotopic (exact) mass is 520 g/mol. The van der Waals surface area contributed by atoms with Gasteiger partial charge >= 0.3 is 6.03 Å².